The fourth-order valence-electron chi connectivity index (χ4n) is 2.86. The van der Waals surface area contributed by atoms with Crippen LogP contribution in [0.1, 0.15) is 25.2 Å². The normalized spacial score (nSPS) is 11.4. The second kappa shape index (κ2) is 8.09. The molecule has 0 spiro atoms. The molecular weight excluding hydrogens is 495 g/mol. The van der Waals surface area contributed by atoms with Gasteiger partial charge in [0.1, 0.15) is 23.5 Å². The minimum Gasteiger partial charge on any atom is -0.341 e. The van der Waals surface area contributed by atoms with E-state index in [1.165, 1.54) is 26.0 Å². The molecule has 0 fully saturated rings. The third kappa shape index (κ3) is 3.91. The van der Waals surface area contributed by atoms with E-state index in [1.54, 1.807) is 0 Å². The van der Waals surface area contributed by atoms with E-state index in [2.05, 4.69) is 32.6 Å². The summed E-state index contributed by atoms with van der Waals surface area (Å²) in [6.45, 7) is 3.05. The largest absolute Gasteiger partial charge is 2.00 e. The molecule has 0 aliphatic carbocycles. The summed E-state index contributed by atoms with van der Waals surface area (Å²) in [5.74, 6) is -2.79. The maximum absolute atomic E-state index is 14.6. The summed E-state index contributed by atoms with van der Waals surface area (Å²) in [7, 11) is 0. The van der Waals surface area contributed by atoms with Crippen LogP contribution in [-0.2, 0) is 25.8 Å². The number of pyridine rings is 2. The molecule has 0 aliphatic heterocycles. The van der Waals surface area contributed by atoms with Crippen molar-refractivity contribution in [2.45, 2.75) is 19.3 Å². The van der Waals surface area contributed by atoms with Gasteiger partial charge in [0.2, 0.25) is 0 Å². The summed E-state index contributed by atoms with van der Waals surface area (Å²) in [5.41, 5.74) is -1.63. The van der Waals surface area contributed by atoms with Crippen LogP contribution in [0.15, 0.2) is 36.4 Å². The average Bonchev–Trinajstić information content (AvgIpc) is 3.30. The van der Waals surface area contributed by atoms with Crippen molar-refractivity contribution in [1.82, 2.24) is 29.5 Å². The van der Waals surface area contributed by atoms with Crippen LogP contribution in [-0.4, -0.2) is 29.5 Å². The van der Waals surface area contributed by atoms with Crippen LogP contribution in [0.3, 0.4) is 0 Å². The first-order chi connectivity index (χ1) is 13.8. The van der Waals surface area contributed by atoms with E-state index in [-0.39, 0.29) is 43.4 Å². The van der Waals surface area contributed by atoms with Gasteiger partial charge in [0.05, 0.1) is 28.4 Å². The molecule has 0 aliphatic rings. The van der Waals surface area contributed by atoms with Gasteiger partial charge in [0, 0.05) is 0 Å². The summed E-state index contributed by atoms with van der Waals surface area (Å²) in [5, 5.41) is 7.10. The molecule has 0 radical (unpaired) electrons. The molecule has 4 rings (SSSR count). The van der Waals surface area contributed by atoms with Crippen LogP contribution < -0.4 is 0 Å². The molecule has 30 heavy (non-hydrogen) atoms. The molecule has 0 saturated heterocycles. The van der Waals surface area contributed by atoms with E-state index >= 15 is 0 Å². The van der Waals surface area contributed by atoms with Crippen molar-refractivity contribution >= 4 is 0 Å². The zero-order valence-corrected chi connectivity index (χ0v) is 17.0. The first kappa shape index (κ1) is 21.8. The van der Waals surface area contributed by atoms with Crippen molar-refractivity contribution in [2.75, 3.05) is 0 Å². The van der Waals surface area contributed by atoms with Crippen LogP contribution in [0.5, 0.6) is 0 Å². The summed E-state index contributed by atoms with van der Waals surface area (Å²) < 4.78 is 57.7. The van der Waals surface area contributed by atoms with Gasteiger partial charge >= 0.3 is 20.4 Å². The maximum atomic E-state index is 14.6. The van der Waals surface area contributed by atoms with Gasteiger partial charge in [-0.3, -0.25) is 18.7 Å². The van der Waals surface area contributed by atoms with Crippen molar-refractivity contribution in [1.29, 1.82) is 0 Å². The van der Waals surface area contributed by atoms with Crippen LogP contribution in [0.4, 0.5) is 17.6 Å². The molecule has 4 aromatic heterocycles. The maximum Gasteiger partial charge on any atom is 2.00 e. The first-order valence-corrected chi connectivity index (χ1v) is 8.37. The molecule has 0 amide bonds. The van der Waals surface area contributed by atoms with Gasteiger partial charge in [-0.25, -0.2) is 19.0 Å². The fourth-order valence-corrected chi connectivity index (χ4v) is 2.86. The zero-order valence-electron chi connectivity index (χ0n) is 15.5. The minimum absolute atomic E-state index is 0. The number of halogens is 4. The number of aromatic nitrogens is 6. The monoisotopic (exact) mass is 506 g/mol. The Kier molecular flexibility index (Phi) is 5.88. The molecule has 156 valence electrons. The summed E-state index contributed by atoms with van der Waals surface area (Å²) >= 11 is 0. The van der Waals surface area contributed by atoms with Gasteiger partial charge in [-0.15, -0.1) is 12.1 Å². The van der Waals surface area contributed by atoms with Crippen LogP contribution in [0.2, 0.25) is 0 Å². The van der Waals surface area contributed by atoms with Crippen molar-refractivity contribution in [2.24, 2.45) is 0 Å². The Bertz CT molecular complexity index is 1110. The first-order valence-electron chi connectivity index (χ1n) is 8.37. The van der Waals surface area contributed by atoms with Crippen molar-refractivity contribution in [3.05, 3.63) is 83.7 Å². The predicted octanol–water partition coefficient (Wildman–Crippen LogP) is 3.33. The minimum atomic E-state index is -1.35. The molecule has 11 heteroatoms. The Labute approximate surface area is 182 Å². The average molecular weight is 507 g/mol. The van der Waals surface area contributed by atoms with E-state index in [9.17, 15) is 17.6 Å². The van der Waals surface area contributed by atoms with Gasteiger partial charge in [0.25, 0.3) is 0 Å². The molecule has 6 nitrogen and oxygen atoms in total. The zero-order chi connectivity index (χ0) is 20.8. The summed E-state index contributed by atoms with van der Waals surface area (Å²) in [4.78, 5) is 8.36. The molecule has 0 atom stereocenters. The molecule has 4 heterocycles. The standard InChI is InChI=1S/C19H12F4N6.Pd/c1-19(2,17-11(20)3-5-15(24-17)28-9-7-13(22)26-28)18-12(21)4-6-16(25-18)29-10-8-14(23)27-29;/h3-8H,1-2H3;/q-2;+2. The third-order valence-electron chi connectivity index (χ3n) is 4.28. The second-order valence-corrected chi connectivity index (χ2v) is 6.64. The molecule has 4 aromatic rings. The van der Waals surface area contributed by atoms with E-state index in [0.717, 1.165) is 33.6 Å². The fraction of sp³-hybridized carbons (Fsp3) is 0.158. The van der Waals surface area contributed by atoms with Gasteiger partial charge < -0.3 is 9.36 Å². The summed E-state index contributed by atoms with van der Waals surface area (Å²) in [6.07, 6.45) is 5.02. The molecule has 0 unspecified atom stereocenters. The van der Waals surface area contributed by atoms with Crippen LogP contribution >= 0.6 is 0 Å². The third-order valence-corrected chi connectivity index (χ3v) is 4.28. The molecule has 0 N–H and O–H groups in total. The van der Waals surface area contributed by atoms with Crippen molar-refractivity contribution in [3.63, 3.8) is 0 Å². The number of nitrogens with zero attached hydrogens (tertiary/aromatic N) is 6. The molecular formula is C19H12F4N6Pd. The summed E-state index contributed by atoms with van der Waals surface area (Å²) in [6, 6.07) is 6.82. The van der Waals surface area contributed by atoms with E-state index in [0.29, 0.717) is 0 Å². The number of hydrogen-bond acceptors (Lipinski definition) is 4. The van der Waals surface area contributed by atoms with Gasteiger partial charge in [-0.05, 0) is 26.0 Å². The Hall–Kier alpha value is -2.90. The smallest absolute Gasteiger partial charge is 0.341 e. The van der Waals surface area contributed by atoms with Crippen molar-refractivity contribution in [3.8, 4) is 11.6 Å². The van der Waals surface area contributed by atoms with Crippen molar-refractivity contribution < 1.29 is 38.0 Å². The molecule has 0 aromatic carbocycles. The van der Waals surface area contributed by atoms with E-state index < -0.39 is 28.9 Å². The Morgan fingerprint density at radius 1 is 0.733 bits per heavy atom. The Morgan fingerprint density at radius 3 is 1.47 bits per heavy atom. The predicted molar refractivity (Wildman–Crippen MR) is 92.4 cm³/mol. The van der Waals surface area contributed by atoms with E-state index in [4.69, 9.17) is 0 Å². The SMILES string of the molecule is CC(C)(c1nc(-n2[c-]cc(F)n2)ccc1F)c1nc(-n2[c-]cc(F)n2)ccc1F.[Pd+2]. The van der Waals surface area contributed by atoms with Gasteiger partial charge in [0.15, 0.2) is 0 Å². The Balaban J connectivity index is 0.00000256. The molecule has 0 saturated carbocycles. The number of hydrogen-bond donors (Lipinski definition) is 0. The van der Waals surface area contributed by atoms with Crippen LogP contribution in [0, 0.1) is 35.9 Å². The topological polar surface area (TPSA) is 61.4 Å². The van der Waals surface area contributed by atoms with E-state index in [1.807, 2.05) is 0 Å². The quantitative estimate of drug-likeness (QED) is 0.242. The molecule has 0 bridgehead atoms. The van der Waals surface area contributed by atoms with Gasteiger partial charge in [-0.2, -0.15) is 0 Å². The Morgan fingerprint density at radius 2 is 1.13 bits per heavy atom. The number of rotatable bonds is 4. The van der Waals surface area contributed by atoms with Gasteiger partial charge in [-0.1, -0.05) is 24.5 Å². The van der Waals surface area contributed by atoms with Crippen LogP contribution in [0.25, 0.3) is 11.6 Å². The second-order valence-electron chi connectivity index (χ2n) is 6.64.